The molecule has 2 aromatic heterocycles. The van der Waals surface area contributed by atoms with Crippen molar-refractivity contribution < 1.29 is 4.79 Å². The molecule has 1 amide bonds. The molecule has 0 aromatic carbocycles. The lowest BCUT2D eigenvalue weighted by Crippen LogP contribution is -2.50. The van der Waals surface area contributed by atoms with E-state index in [0.29, 0.717) is 11.7 Å². The average molecular weight is 366 g/mol. The number of carbonyl (C=O) groups is 1. The summed E-state index contributed by atoms with van der Waals surface area (Å²) in [6, 6.07) is 9.71. The van der Waals surface area contributed by atoms with Crippen LogP contribution in [0.1, 0.15) is 31.4 Å². The van der Waals surface area contributed by atoms with Gasteiger partial charge < -0.3 is 15.1 Å². The number of rotatable bonds is 4. The third-order valence-corrected chi connectivity index (χ3v) is 5.41. The molecule has 27 heavy (non-hydrogen) atoms. The molecule has 0 atom stereocenters. The molecule has 142 valence electrons. The van der Waals surface area contributed by atoms with E-state index in [-0.39, 0.29) is 5.92 Å². The summed E-state index contributed by atoms with van der Waals surface area (Å²) in [5.74, 6) is 2.90. The first kappa shape index (κ1) is 17.7. The highest BCUT2D eigenvalue weighted by atomic mass is 16.2. The van der Waals surface area contributed by atoms with E-state index < -0.39 is 0 Å². The molecular formula is C20H26N6O. The topological polar surface area (TPSA) is 74.2 Å². The van der Waals surface area contributed by atoms with Crippen LogP contribution in [0, 0.1) is 12.8 Å². The SMILES string of the molecule is Cc1cccc(Nc2ccc(N3CCN(C(=O)C4CCCC4)CC3)nn2)n1. The quantitative estimate of drug-likeness (QED) is 0.897. The Labute approximate surface area is 159 Å². The van der Waals surface area contributed by atoms with E-state index in [1.165, 1.54) is 12.8 Å². The van der Waals surface area contributed by atoms with Crippen LogP contribution >= 0.6 is 0 Å². The molecule has 2 aliphatic rings. The van der Waals surface area contributed by atoms with E-state index in [1.54, 1.807) is 0 Å². The zero-order chi connectivity index (χ0) is 18.6. The van der Waals surface area contributed by atoms with Crippen LogP contribution in [0.25, 0.3) is 0 Å². The lowest BCUT2D eigenvalue weighted by atomic mass is 10.1. The number of carbonyl (C=O) groups excluding carboxylic acids is 1. The molecule has 2 fully saturated rings. The van der Waals surface area contributed by atoms with Crippen molar-refractivity contribution in [3.63, 3.8) is 0 Å². The number of aromatic nitrogens is 3. The lowest BCUT2D eigenvalue weighted by Gasteiger charge is -2.36. The molecule has 1 saturated carbocycles. The molecule has 2 aromatic rings. The van der Waals surface area contributed by atoms with Crippen LogP contribution < -0.4 is 10.2 Å². The molecule has 7 nitrogen and oxygen atoms in total. The summed E-state index contributed by atoms with van der Waals surface area (Å²) < 4.78 is 0. The third-order valence-electron chi connectivity index (χ3n) is 5.41. The van der Waals surface area contributed by atoms with Crippen molar-refractivity contribution in [2.45, 2.75) is 32.6 Å². The maximum atomic E-state index is 12.6. The summed E-state index contributed by atoms with van der Waals surface area (Å²) in [5, 5.41) is 11.8. The first-order chi connectivity index (χ1) is 13.2. The summed E-state index contributed by atoms with van der Waals surface area (Å²) in [5.41, 5.74) is 0.953. The van der Waals surface area contributed by atoms with Crippen LogP contribution in [0.2, 0.25) is 0 Å². The number of anilines is 3. The maximum Gasteiger partial charge on any atom is 0.225 e. The number of amides is 1. The van der Waals surface area contributed by atoms with Gasteiger partial charge in [0.2, 0.25) is 5.91 Å². The second-order valence-corrected chi connectivity index (χ2v) is 7.36. The Morgan fingerprint density at radius 1 is 1.00 bits per heavy atom. The van der Waals surface area contributed by atoms with Gasteiger partial charge >= 0.3 is 0 Å². The van der Waals surface area contributed by atoms with Crippen molar-refractivity contribution in [3.05, 3.63) is 36.0 Å². The van der Waals surface area contributed by atoms with Gasteiger partial charge in [-0.2, -0.15) is 0 Å². The number of hydrogen-bond acceptors (Lipinski definition) is 6. The first-order valence-corrected chi connectivity index (χ1v) is 9.77. The Hall–Kier alpha value is -2.70. The summed E-state index contributed by atoms with van der Waals surface area (Å²) in [6.45, 7) is 5.10. The molecule has 4 rings (SSSR count). The van der Waals surface area contributed by atoms with E-state index in [2.05, 4.69) is 25.4 Å². The van der Waals surface area contributed by atoms with Gasteiger partial charge in [0.25, 0.3) is 0 Å². The number of aryl methyl sites for hydroxylation is 1. The van der Waals surface area contributed by atoms with Crippen molar-refractivity contribution in [3.8, 4) is 0 Å². The van der Waals surface area contributed by atoms with E-state index in [9.17, 15) is 4.79 Å². The van der Waals surface area contributed by atoms with E-state index in [0.717, 1.165) is 56.4 Å². The molecule has 1 aliphatic carbocycles. The van der Waals surface area contributed by atoms with Crippen molar-refractivity contribution >= 4 is 23.4 Å². The van der Waals surface area contributed by atoms with E-state index >= 15 is 0 Å². The molecule has 7 heteroatoms. The molecule has 0 radical (unpaired) electrons. The van der Waals surface area contributed by atoms with Gasteiger partial charge in [0, 0.05) is 37.8 Å². The van der Waals surface area contributed by atoms with Crippen LogP contribution in [0.4, 0.5) is 17.5 Å². The van der Waals surface area contributed by atoms with E-state index in [4.69, 9.17) is 0 Å². The van der Waals surface area contributed by atoms with Crippen LogP contribution in [0.15, 0.2) is 30.3 Å². The zero-order valence-electron chi connectivity index (χ0n) is 15.8. The highest BCUT2D eigenvalue weighted by Crippen LogP contribution is 2.27. The predicted molar refractivity (Wildman–Crippen MR) is 105 cm³/mol. The number of pyridine rings is 1. The lowest BCUT2D eigenvalue weighted by molar-refractivity contribution is -0.135. The van der Waals surface area contributed by atoms with Gasteiger partial charge in [-0.3, -0.25) is 4.79 Å². The smallest absolute Gasteiger partial charge is 0.225 e. The molecule has 3 heterocycles. The molecule has 0 spiro atoms. The Bertz CT molecular complexity index is 779. The van der Waals surface area contributed by atoms with Crippen molar-refractivity contribution in [1.29, 1.82) is 0 Å². The van der Waals surface area contributed by atoms with Gasteiger partial charge in [0.15, 0.2) is 11.6 Å². The summed E-state index contributed by atoms with van der Waals surface area (Å²) >= 11 is 0. The van der Waals surface area contributed by atoms with Gasteiger partial charge in [0.05, 0.1) is 0 Å². The Morgan fingerprint density at radius 3 is 2.44 bits per heavy atom. The van der Waals surface area contributed by atoms with Crippen LogP contribution in [0.3, 0.4) is 0 Å². The largest absolute Gasteiger partial charge is 0.352 e. The zero-order valence-corrected chi connectivity index (χ0v) is 15.8. The summed E-state index contributed by atoms with van der Waals surface area (Å²) in [7, 11) is 0. The van der Waals surface area contributed by atoms with Crippen LogP contribution in [-0.4, -0.2) is 52.2 Å². The molecule has 1 aliphatic heterocycles. The second-order valence-electron chi connectivity index (χ2n) is 7.36. The van der Waals surface area contributed by atoms with Crippen LogP contribution in [0.5, 0.6) is 0 Å². The molecule has 1 N–H and O–H groups in total. The highest BCUT2D eigenvalue weighted by molar-refractivity contribution is 5.79. The highest BCUT2D eigenvalue weighted by Gasteiger charge is 2.29. The van der Waals surface area contributed by atoms with Gasteiger partial charge in [0.1, 0.15) is 5.82 Å². The normalized spacial score (nSPS) is 18.0. The van der Waals surface area contributed by atoms with Gasteiger partial charge in [-0.15, -0.1) is 10.2 Å². The first-order valence-electron chi connectivity index (χ1n) is 9.77. The summed E-state index contributed by atoms with van der Waals surface area (Å²) in [6.07, 6.45) is 4.53. The van der Waals surface area contributed by atoms with Crippen molar-refractivity contribution in [2.24, 2.45) is 5.92 Å². The average Bonchev–Trinajstić information content (AvgIpc) is 3.23. The van der Waals surface area contributed by atoms with Gasteiger partial charge in [-0.05, 0) is 44.0 Å². The molecule has 1 saturated heterocycles. The fourth-order valence-corrected chi connectivity index (χ4v) is 3.89. The van der Waals surface area contributed by atoms with Gasteiger partial charge in [-0.1, -0.05) is 18.9 Å². The minimum Gasteiger partial charge on any atom is -0.352 e. The number of piperazine rings is 1. The number of nitrogens with one attached hydrogen (secondary N) is 1. The minimum absolute atomic E-state index is 0.261. The Balaban J connectivity index is 1.32. The molecule has 0 unspecified atom stereocenters. The van der Waals surface area contributed by atoms with Crippen molar-refractivity contribution in [2.75, 3.05) is 36.4 Å². The van der Waals surface area contributed by atoms with Gasteiger partial charge in [-0.25, -0.2) is 4.98 Å². The number of nitrogens with zero attached hydrogens (tertiary/aromatic N) is 5. The Kier molecular flexibility index (Phi) is 5.18. The standard InChI is InChI=1S/C20H26N6O/c1-15-5-4-8-17(21-15)22-18-9-10-19(24-23-18)25-11-13-26(14-12-25)20(27)16-6-2-3-7-16/h4-5,8-10,16H,2-3,6-7,11-14H2,1H3,(H,21,22,23). The number of hydrogen-bond donors (Lipinski definition) is 1. The molecule has 0 bridgehead atoms. The fraction of sp³-hybridized carbons (Fsp3) is 0.500. The molecular weight excluding hydrogens is 340 g/mol. The van der Waals surface area contributed by atoms with Crippen molar-refractivity contribution in [1.82, 2.24) is 20.1 Å². The third kappa shape index (κ3) is 4.18. The predicted octanol–water partition coefficient (Wildman–Crippen LogP) is 2.76. The fourth-order valence-electron chi connectivity index (χ4n) is 3.89. The monoisotopic (exact) mass is 366 g/mol. The van der Waals surface area contributed by atoms with Crippen LogP contribution in [-0.2, 0) is 4.79 Å². The second kappa shape index (κ2) is 7.90. The minimum atomic E-state index is 0.261. The van der Waals surface area contributed by atoms with E-state index in [1.807, 2.05) is 42.2 Å². The summed E-state index contributed by atoms with van der Waals surface area (Å²) in [4.78, 5) is 21.2. The Morgan fingerprint density at radius 2 is 1.78 bits per heavy atom. The maximum absolute atomic E-state index is 12.6.